The minimum atomic E-state index is -3.36. The van der Waals surface area contributed by atoms with Crippen molar-refractivity contribution in [2.45, 2.75) is 4.90 Å². The van der Waals surface area contributed by atoms with Gasteiger partial charge in [0.25, 0.3) is 0 Å². The minimum absolute atomic E-state index is 0.0829. The first kappa shape index (κ1) is 12.7. The number of methoxy groups -OCH3 is 1. The zero-order valence-corrected chi connectivity index (χ0v) is 10.6. The van der Waals surface area contributed by atoms with E-state index in [1.807, 2.05) is 0 Å². The number of ether oxygens (including phenoxy) is 1. The van der Waals surface area contributed by atoms with Gasteiger partial charge in [0.15, 0.2) is 9.84 Å². The fraction of sp³-hybridized carbons (Fsp3) is 0.364. The predicted octanol–water partition coefficient (Wildman–Crippen LogP) is 0.373. The quantitative estimate of drug-likeness (QED) is 0.855. The van der Waals surface area contributed by atoms with E-state index < -0.39 is 15.8 Å². The molecule has 2 rings (SSSR count). The molecule has 1 aromatic rings. The van der Waals surface area contributed by atoms with Crippen molar-refractivity contribution in [2.24, 2.45) is 0 Å². The summed E-state index contributed by atoms with van der Waals surface area (Å²) in [6, 6.07) is 4.63. The molecule has 0 bridgehead atoms. The van der Waals surface area contributed by atoms with Gasteiger partial charge in [-0.3, -0.25) is 4.79 Å². The molecule has 18 heavy (non-hydrogen) atoms. The molecular formula is C11H13NO5S. The molecule has 7 heteroatoms. The molecule has 1 aliphatic rings. The highest BCUT2D eigenvalue weighted by molar-refractivity contribution is 7.91. The van der Waals surface area contributed by atoms with Crippen LogP contribution in [0.4, 0.5) is 5.69 Å². The van der Waals surface area contributed by atoms with Crippen molar-refractivity contribution < 1.29 is 23.1 Å². The predicted molar refractivity (Wildman–Crippen MR) is 64.9 cm³/mol. The molecule has 0 amide bonds. The molecule has 0 spiro atoms. The van der Waals surface area contributed by atoms with Crippen LogP contribution in [0.2, 0.25) is 0 Å². The number of aliphatic carboxylic acids is 1. The maximum atomic E-state index is 11.9. The van der Waals surface area contributed by atoms with Crippen LogP contribution in [0.25, 0.3) is 0 Å². The first-order valence-corrected chi connectivity index (χ1v) is 6.97. The van der Waals surface area contributed by atoms with Crippen LogP contribution in [0.15, 0.2) is 23.1 Å². The average Bonchev–Trinajstić information content (AvgIpc) is 2.32. The van der Waals surface area contributed by atoms with Gasteiger partial charge in [0.05, 0.1) is 23.4 Å². The van der Waals surface area contributed by atoms with Crippen molar-refractivity contribution in [1.82, 2.24) is 0 Å². The van der Waals surface area contributed by atoms with Crippen molar-refractivity contribution >= 4 is 21.5 Å². The van der Waals surface area contributed by atoms with Gasteiger partial charge in [-0.25, -0.2) is 8.42 Å². The summed E-state index contributed by atoms with van der Waals surface area (Å²) in [5.74, 6) is -0.633. The zero-order valence-electron chi connectivity index (χ0n) is 9.79. The Morgan fingerprint density at radius 2 is 2.22 bits per heavy atom. The van der Waals surface area contributed by atoms with Crippen LogP contribution >= 0.6 is 0 Å². The summed E-state index contributed by atoms with van der Waals surface area (Å²) in [5, 5.41) is 8.81. The van der Waals surface area contributed by atoms with Gasteiger partial charge in [-0.1, -0.05) is 0 Å². The van der Waals surface area contributed by atoms with Crippen molar-refractivity contribution in [1.29, 1.82) is 0 Å². The Labute approximate surface area is 105 Å². The van der Waals surface area contributed by atoms with E-state index in [-0.39, 0.29) is 23.7 Å². The molecule has 0 radical (unpaired) electrons. The van der Waals surface area contributed by atoms with Crippen LogP contribution in [-0.4, -0.2) is 45.4 Å². The highest BCUT2D eigenvalue weighted by atomic mass is 32.2. The molecule has 0 aliphatic carbocycles. The van der Waals surface area contributed by atoms with Crippen LogP contribution in [-0.2, 0) is 14.6 Å². The maximum absolute atomic E-state index is 11.9. The largest absolute Gasteiger partial charge is 0.497 e. The number of benzene rings is 1. The molecule has 1 aromatic carbocycles. The highest BCUT2D eigenvalue weighted by Crippen LogP contribution is 2.33. The SMILES string of the molecule is COc1ccc2c(c1)S(=O)(=O)CCN2CC(=O)O. The van der Waals surface area contributed by atoms with Gasteiger partial charge in [0, 0.05) is 12.6 Å². The van der Waals surface area contributed by atoms with E-state index in [9.17, 15) is 13.2 Å². The molecule has 1 N–H and O–H groups in total. The first-order chi connectivity index (χ1) is 8.44. The lowest BCUT2D eigenvalue weighted by Gasteiger charge is -2.29. The van der Waals surface area contributed by atoms with Gasteiger partial charge < -0.3 is 14.7 Å². The average molecular weight is 271 g/mol. The van der Waals surface area contributed by atoms with Crippen molar-refractivity contribution in [2.75, 3.05) is 30.9 Å². The molecule has 0 fully saturated rings. The van der Waals surface area contributed by atoms with Crippen LogP contribution in [0.1, 0.15) is 0 Å². The maximum Gasteiger partial charge on any atom is 0.323 e. The summed E-state index contributed by atoms with van der Waals surface area (Å²) in [6.45, 7) is -0.0250. The molecule has 1 heterocycles. The molecule has 0 saturated carbocycles. The lowest BCUT2D eigenvalue weighted by atomic mass is 10.2. The Balaban J connectivity index is 2.51. The Bertz CT molecular complexity index is 581. The Morgan fingerprint density at radius 1 is 1.50 bits per heavy atom. The Kier molecular flexibility index (Phi) is 3.16. The molecule has 0 saturated heterocycles. The second-order valence-electron chi connectivity index (χ2n) is 3.97. The summed E-state index contributed by atoms with van der Waals surface area (Å²) in [5.41, 5.74) is 0.421. The van der Waals surface area contributed by atoms with E-state index in [1.165, 1.54) is 18.1 Å². The summed E-state index contributed by atoms with van der Waals surface area (Å²) in [4.78, 5) is 12.4. The van der Waals surface area contributed by atoms with E-state index in [2.05, 4.69) is 0 Å². The van der Waals surface area contributed by atoms with E-state index in [0.717, 1.165) is 0 Å². The van der Waals surface area contributed by atoms with Gasteiger partial charge in [0.1, 0.15) is 12.3 Å². The van der Waals surface area contributed by atoms with Gasteiger partial charge in [0.2, 0.25) is 0 Å². The van der Waals surface area contributed by atoms with Crippen LogP contribution in [0, 0.1) is 0 Å². The van der Waals surface area contributed by atoms with E-state index in [0.29, 0.717) is 11.4 Å². The lowest BCUT2D eigenvalue weighted by Crippen LogP contribution is -2.38. The number of sulfone groups is 1. The summed E-state index contributed by atoms with van der Waals surface area (Å²) < 4.78 is 28.9. The third-order valence-electron chi connectivity index (χ3n) is 2.80. The monoisotopic (exact) mass is 271 g/mol. The van der Waals surface area contributed by atoms with Crippen molar-refractivity contribution in [3.63, 3.8) is 0 Å². The van der Waals surface area contributed by atoms with Crippen LogP contribution in [0.5, 0.6) is 5.75 Å². The summed E-state index contributed by atoms with van der Waals surface area (Å²) in [6.07, 6.45) is 0. The molecule has 1 aliphatic heterocycles. The number of carboxylic acids is 1. The van der Waals surface area contributed by atoms with Crippen LogP contribution in [0.3, 0.4) is 0 Å². The number of hydrogen-bond donors (Lipinski definition) is 1. The number of carboxylic acid groups (broad SMARTS) is 1. The van der Waals surface area contributed by atoms with E-state index >= 15 is 0 Å². The number of nitrogens with zero attached hydrogens (tertiary/aromatic N) is 1. The number of carbonyl (C=O) groups is 1. The molecule has 0 unspecified atom stereocenters. The van der Waals surface area contributed by atoms with Gasteiger partial charge >= 0.3 is 5.97 Å². The zero-order chi connectivity index (χ0) is 13.3. The molecular weight excluding hydrogens is 258 g/mol. The second-order valence-corrected chi connectivity index (χ2v) is 6.05. The standard InChI is InChI=1S/C11H13NO5S/c1-17-8-2-3-9-10(6-8)18(15,16)5-4-12(9)7-11(13)14/h2-3,6H,4-5,7H2,1H3,(H,13,14). The van der Waals surface area contributed by atoms with Gasteiger partial charge in [-0.15, -0.1) is 0 Å². The third-order valence-corrected chi connectivity index (χ3v) is 4.52. The molecule has 0 atom stereocenters. The minimum Gasteiger partial charge on any atom is -0.497 e. The summed E-state index contributed by atoms with van der Waals surface area (Å²) >= 11 is 0. The number of hydrogen-bond acceptors (Lipinski definition) is 5. The number of rotatable bonds is 3. The van der Waals surface area contributed by atoms with Crippen molar-refractivity contribution in [3.05, 3.63) is 18.2 Å². The van der Waals surface area contributed by atoms with Gasteiger partial charge in [-0.05, 0) is 12.1 Å². The highest BCUT2D eigenvalue weighted by Gasteiger charge is 2.29. The van der Waals surface area contributed by atoms with Crippen LogP contribution < -0.4 is 9.64 Å². The fourth-order valence-electron chi connectivity index (χ4n) is 1.92. The fourth-order valence-corrected chi connectivity index (χ4v) is 3.41. The first-order valence-electron chi connectivity index (χ1n) is 5.31. The third kappa shape index (κ3) is 2.26. The van der Waals surface area contributed by atoms with Gasteiger partial charge in [-0.2, -0.15) is 0 Å². The summed E-state index contributed by atoms with van der Waals surface area (Å²) in [7, 11) is -1.91. The topological polar surface area (TPSA) is 83.9 Å². The number of fused-ring (bicyclic) bond motifs is 1. The van der Waals surface area contributed by atoms with Crippen molar-refractivity contribution in [3.8, 4) is 5.75 Å². The second kappa shape index (κ2) is 4.49. The Hall–Kier alpha value is -1.76. The van der Waals surface area contributed by atoms with E-state index in [1.54, 1.807) is 12.1 Å². The molecule has 6 nitrogen and oxygen atoms in total. The Morgan fingerprint density at radius 3 is 2.83 bits per heavy atom. The molecule has 0 aromatic heterocycles. The lowest BCUT2D eigenvalue weighted by molar-refractivity contribution is -0.135. The smallest absolute Gasteiger partial charge is 0.323 e. The molecule has 98 valence electrons. The normalized spacial score (nSPS) is 17.1. The number of anilines is 1. The van der Waals surface area contributed by atoms with E-state index in [4.69, 9.17) is 9.84 Å².